The van der Waals surface area contributed by atoms with Gasteiger partial charge in [-0.05, 0) is 25.5 Å². The van der Waals surface area contributed by atoms with Crippen molar-refractivity contribution in [2.24, 2.45) is 0 Å². The lowest BCUT2D eigenvalue weighted by Gasteiger charge is -2.25. The molecule has 4 rings (SSSR count). The Kier molecular flexibility index (Phi) is 5.54. The molecule has 0 bridgehead atoms. The second-order valence-electron chi connectivity index (χ2n) is 6.92. The molecule has 2 heterocycles. The molecule has 0 radical (unpaired) electrons. The van der Waals surface area contributed by atoms with Crippen molar-refractivity contribution in [3.05, 3.63) is 72.7 Å². The number of benzene rings is 2. The zero-order valence-corrected chi connectivity index (χ0v) is 16.6. The van der Waals surface area contributed by atoms with E-state index in [9.17, 15) is 0 Å². The minimum absolute atomic E-state index is 0. The second kappa shape index (κ2) is 7.68. The highest BCUT2D eigenvalue weighted by Gasteiger charge is 2.21. The topological polar surface area (TPSA) is 30.7 Å². The van der Waals surface area contributed by atoms with Crippen molar-refractivity contribution in [2.45, 2.75) is 30.9 Å². The van der Waals surface area contributed by atoms with Crippen LogP contribution in [0.4, 0.5) is 0 Å². The van der Waals surface area contributed by atoms with E-state index in [0.717, 1.165) is 23.3 Å². The van der Waals surface area contributed by atoms with Gasteiger partial charge < -0.3 is 4.57 Å². The summed E-state index contributed by atoms with van der Waals surface area (Å²) in [6.07, 6.45) is 3.82. The monoisotopic (exact) mass is 383 g/mol. The predicted octanol–water partition coefficient (Wildman–Crippen LogP) is 5.72. The van der Waals surface area contributed by atoms with E-state index in [2.05, 4.69) is 76.9 Å². The number of thioether (sulfide) groups is 1. The summed E-state index contributed by atoms with van der Waals surface area (Å²) < 4.78 is 2.38. The fraction of sp³-hybridized carbons (Fsp3) is 0.238. The van der Waals surface area contributed by atoms with Gasteiger partial charge in [0.2, 0.25) is 0 Å². The van der Waals surface area contributed by atoms with E-state index in [1.807, 2.05) is 30.4 Å². The van der Waals surface area contributed by atoms with Gasteiger partial charge in [-0.15, -0.1) is 24.2 Å². The molecule has 2 aromatic carbocycles. The van der Waals surface area contributed by atoms with Gasteiger partial charge in [0.1, 0.15) is 5.52 Å². The first-order valence-electron chi connectivity index (χ1n) is 8.49. The molecule has 0 atom stereocenters. The van der Waals surface area contributed by atoms with E-state index >= 15 is 0 Å². The van der Waals surface area contributed by atoms with Crippen LogP contribution in [0.3, 0.4) is 0 Å². The van der Waals surface area contributed by atoms with Gasteiger partial charge in [0.05, 0.1) is 23.6 Å². The van der Waals surface area contributed by atoms with Gasteiger partial charge >= 0.3 is 0 Å². The van der Waals surface area contributed by atoms with Crippen LogP contribution in [0.15, 0.2) is 67.1 Å². The van der Waals surface area contributed by atoms with Gasteiger partial charge in [0, 0.05) is 22.4 Å². The number of para-hydroxylation sites is 1. The Labute approximate surface area is 164 Å². The SMILES string of the molecule is CC(C)(Cn1cnc2cnc3ccccc3c21)SCc1ccccc1.Cl. The van der Waals surface area contributed by atoms with Gasteiger partial charge in [-0.25, -0.2) is 4.98 Å². The molecule has 0 unspecified atom stereocenters. The number of aromatic nitrogens is 3. The van der Waals surface area contributed by atoms with Crippen LogP contribution in [-0.2, 0) is 12.3 Å². The predicted molar refractivity (Wildman–Crippen MR) is 114 cm³/mol. The molecule has 26 heavy (non-hydrogen) atoms. The zero-order chi connectivity index (χ0) is 17.3. The third-order valence-corrected chi connectivity index (χ3v) is 5.76. The Morgan fingerprint density at radius 2 is 1.65 bits per heavy atom. The maximum atomic E-state index is 4.56. The molecule has 3 nitrogen and oxygen atoms in total. The van der Waals surface area contributed by atoms with Crippen molar-refractivity contribution in [3.63, 3.8) is 0 Å². The Bertz CT molecular complexity index is 1010. The molecule has 2 aromatic heterocycles. The molecule has 0 spiro atoms. The van der Waals surface area contributed by atoms with Crippen molar-refractivity contribution in [1.29, 1.82) is 0 Å². The lowest BCUT2D eigenvalue weighted by atomic mass is 10.1. The van der Waals surface area contributed by atoms with Crippen molar-refractivity contribution in [1.82, 2.24) is 14.5 Å². The first-order valence-corrected chi connectivity index (χ1v) is 9.47. The van der Waals surface area contributed by atoms with E-state index in [4.69, 9.17) is 0 Å². The lowest BCUT2D eigenvalue weighted by Crippen LogP contribution is -2.22. The standard InChI is InChI=1S/C21H21N3S.ClH/c1-21(2,25-13-16-8-4-3-5-9-16)14-24-15-23-19-12-22-18-11-7-6-10-17(18)20(19)24;/h3-12,15H,13-14H2,1-2H3;1H. The van der Waals surface area contributed by atoms with Crippen LogP contribution in [0.1, 0.15) is 19.4 Å². The summed E-state index contributed by atoms with van der Waals surface area (Å²) in [6, 6.07) is 18.9. The van der Waals surface area contributed by atoms with Crippen molar-refractivity contribution in [2.75, 3.05) is 0 Å². The normalized spacial score (nSPS) is 11.6. The molecule has 0 fully saturated rings. The third-order valence-electron chi connectivity index (χ3n) is 4.37. The van der Waals surface area contributed by atoms with E-state index in [-0.39, 0.29) is 17.2 Å². The minimum Gasteiger partial charge on any atom is -0.329 e. The van der Waals surface area contributed by atoms with Crippen molar-refractivity contribution >= 4 is 46.1 Å². The summed E-state index contributed by atoms with van der Waals surface area (Å²) >= 11 is 1.98. The Morgan fingerprint density at radius 1 is 0.923 bits per heavy atom. The molecule has 134 valence electrons. The molecule has 0 aliphatic carbocycles. The smallest absolute Gasteiger partial charge is 0.107 e. The second-order valence-corrected chi connectivity index (χ2v) is 8.60. The minimum atomic E-state index is 0. The highest BCUT2D eigenvalue weighted by atomic mass is 35.5. The Hall–Kier alpha value is -2.04. The fourth-order valence-electron chi connectivity index (χ4n) is 3.13. The van der Waals surface area contributed by atoms with Gasteiger partial charge in [0.15, 0.2) is 0 Å². The number of halogens is 1. The summed E-state index contributed by atoms with van der Waals surface area (Å²) in [5, 5.41) is 1.17. The van der Waals surface area contributed by atoms with Crippen LogP contribution < -0.4 is 0 Å². The van der Waals surface area contributed by atoms with Gasteiger partial charge in [-0.2, -0.15) is 0 Å². The van der Waals surface area contributed by atoms with Crippen LogP contribution in [0.2, 0.25) is 0 Å². The van der Waals surface area contributed by atoms with Crippen LogP contribution in [-0.4, -0.2) is 19.3 Å². The van der Waals surface area contributed by atoms with E-state index < -0.39 is 0 Å². The van der Waals surface area contributed by atoms with Crippen molar-refractivity contribution < 1.29 is 0 Å². The maximum absolute atomic E-state index is 4.56. The van der Waals surface area contributed by atoms with E-state index in [1.54, 1.807) is 0 Å². The summed E-state index contributed by atoms with van der Waals surface area (Å²) in [5.74, 6) is 1.02. The number of hydrogen-bond donors (Lipinski definition) is 0. The van der Waals surface area contributed by atoms with Crippen LogP contribution >= 0.6 is 24.2 Å². The molecule has 0 N–H and O–H groups in total. The first-order chi connectivity index (χ1) is 12.1. The molecule has 4 aromatic rings. The van der Waals surface area contributed by atoms with Crippen LogP contribution in [0.25, 0.3) is 21.9 Å². The summed E-state index contributed by atoms with van der Waals surface area (Å²) in [5.41, 5.74) is 4.53. The number of nitrogens with zero attached hydrogens (tertiary/aromatic N) is 3. The maximum Gasteiger partial charge on any atom is 0.107 e. The number of rotatable bonds is 5. The average Bonchev–Trinajstić information content (AvgIpc) is 3.04. The van der Waals surface area contributed by atoms with E-state index in [1.165, 1.54) is 16.5 Å². The summed E-state index contributed by atoms with van der Waals surface area (Å²) in [7, 11) is 0. The quantitative estimate of drug-likeness (QED) is 0.441. The molecule has 0 aliphatic rings. The van der Waals surface area contributed by atoms with Crippen LogP contribution in [0, 0.1) is 0 Å². The van der Waals surface area contributed by atoms with Gasteiger partial charge in [0.25, 0.3) is 0 Å². The van der Waals surface area contributed by atoms with E-state index in [0.29, 0.717) is 0 Å². The molecule has 0 saturated carbocycles. The fourth-order valence-corrected chi connectivity index (χ4v) is 4.11. The highest BCUT2D eigenvalue weighted by Crippen LogP contribution is 2.32. The van der Waals surface area contributed by atoms with Crippen molar-refractivity contribution in [3.8, 4) is 0 Å². The summed E-state index contributed by atoms with van der Waals surface area (Å²) in [6.45, 7) is 5.51. The molecule has 5 heteroatoms. The van der Waals surface area contributed by atoms with Crippen LogP contribution in [0.5, 0.6) is 0 Å². The molecular weight excluding hydrogens is 362 g/mol. The third kappa shape index (κ3) is 3.87. The molecular formula is C21H22ClN3S. The van der Waals surface area contributed by atoms with Gasteiger partial charge in [-0.1, -0.05) is 48.5 Å². The van der Waals surface area contributed by atoms with Gasteiger partial charge in [-0.3, -0.25) is 4.98 Å². The Morgan fingerprint density at radius 3 is 2.46 bits per heavy atom. The molecule has 0 amide bonds. The largest absolute Gasteiger partial charge is 0.329 e. The first kappa shape index (κ1) is 18.7. The number of pyridine rings is 1. The lowest BCUT2D eigenvalue weighted by molar-refractivity contribution is 0.579. The molecule has 0 saturated heterocycles. The number of hydrogen-bond acceptors (Lipinski definition) is 3. The zero-order valence-electron chi connectivity index (χ0n) is 14.9. The average molecular weight is 384 g/mol. The Balaban J connectivity index is 0.00000196. The molecule has 0 aliphatic heterocycles. The highest BCUT2D eigenvalue weighted by molar-refractivity contribution is 7.99. The number of imidazole rings is 1. The number of fused-ring (bicyclic) bond motifs is 3. The summed E-state index contributed by atoms with van der Waals surface area (Å²) in [4.78, 5) is 9.08.